The molecule has 0 amide bonds. The van der Waals surface area contributed by atoms with Crippen LogP contribution >= 0.6 is 11.3 Å². The van der Waals surface area contributed by atoms with Crippen LogP contribution in [0.25, 0.3) is 11.1 Å². The van der Waals surface area contributed by atoms with Gasteiger partial charge in [-0.25, -0.2) is 0 Å². The Morgan fingerprint density at radius 1 is 1.06 bits per heavy atom. The molecule has 1 aliphatic heterocycles. The van der Waals surface area contributed by atoms with Crippen LogP contribution in [0.1, 0.15) is 47.7 Å². The van der Waals surface area contributed by atoms with E-state index in [-0.39, 0.29) is 11.3 Å². The smallest absolute Gasteiger partial charge is 0.384 e. The summed E-state index contributed by atoms with van der Waals surface area (Å²) in [4.78, 5) is 13.9. The van der Waals surface area contributed by atoms with Crippen molar-refractivity contribution < 1.29 is 23.1 Å². The van der Waals surface area contributed by atoms with Crippen LogP contribution in [-0.2, 0) is 6.18 Å². The van der Waals surface area contributed by atoms with Crippen molar-refractivity contribution in [2.75, 3.05) is 4.90 Å². The molecule has 1 aliphatic rings. The molecule has 33 heavy (non-hydrogen) atoms. The lowest BCUT2D eigenvalue weighted by Crippen LogP contribution is -2.34. The minimum absolute atomic E-state index is 0.00136. The molecule has 0 saturated heterocycles. The third kappa shape index (κ3) is 4.67. The Hall–Kier alpha value is -3.10. The zero-order valence-corrected chi connectivity index (χ0v) is 19.1. The molecule has 2 N–H and O–H groups in total. The van der Waals surface area contributed by atoms with E-state index in [0.29, 0.717) is 16.3 Å². The predicted molar refractivity (Wildman–Crippen MR) is 124 cm³/mol. The van der Waals surface area contributed by atoms with Crippen molar-refractivity contribution in [1.29, 1.82) is 0 Å². The standard InChI is InChI=1S/C25H23F3N2O2S/c1-15(31)21-12-17(14-33-21)16-8-10-18(11-9-16)30-13-22(24(2,3)32)29-23(30)19-6-4-5-7-20(19)25(26,27)28/h4-14,23,29,32H,1-3H3. The molecule has 0 aliphatic carbocycles. The molecule has 2 heterocycles. The van der Waals surface area contributed by atoms with Gasteiger partial charge in [0.1, 0.15) is 6.17 Å². The average Bonchev–Trinajstić information content (AvgIpc) is 3.41. The lowest BCUT2D eigenvalue weighted by molar-refractivity contribution is -0.138. The summed E-state index contributed by atoms with van der Waals surface area (Å²) in [6.45, 7) is 4.67. The third-order valence-electron chi connectivity index (χ3n) is 5.50. The van der Waals surface area contributed by atoms with Crippen molar-refractivity contribution in [2.24, 2.45) is 0 Å². The van der Waals surface area contributed by atoms with Gasteiger partial charge in [0.15, 0.2) is 5.78 Å². The summed E-state index contributed by atoms with van der Waals surface area (Å²) in [6, 6.07) is 14.6. The van der Waals surface area contributed by atoms with Gasteiger partial charge in [0.05, 0.1) is 21.7 Å². The summed E-state index contributed by atoms with van der Waals surface area (Å²) in [6.07, 6.45) is -3.72. The summed E-state index contributed by atoms with van der Waals surface area (Å²) < 4.78 is 41.2. The van der Waals surface area contributed by atoms with Crippen LogP contribution < -0.4 is 10.2 Å². The van der Waals surface area contributed by atoms with Crippen LogP contribution in [0, 0.1) is 0 Å². The van der Waals surface area contributed by atoms with Crippen LogP contribution in [0.4, 0.5) is 18.9 Å². The Bertz CT molecular complexity index is 1210. The molecule has 3 aromatic rings. The van der Waals surface area contributed by atoms with Crippen LogP contribution in [0.3, 0.4) is 0 Å². The van der Waals surface area contributed by atoms with E-state index in [4.69, 9.17) is 0 Å². The molecule has 1 atom stereocenters. The number of nitrogens with zero attached hydrogens (tertiary/aromatic N) is 1. The first-order chi connectivity index (χ1) is 15.4. The maximum Gasteiger partial charge on any atom is 0.416 e. The lowest BCUT2D eigenvalue weighted by Gasteiger charge is -2.29. The van der Waals surface area contributed by atoms with Gasteiger partial charge in [0.25, 0.3) is 0 Å². The van der Waals surface area contributed by atoms with Gasteiger partial charge in [-0.05, 0) is 61.5 Å². The first-order valence-corrected chi connectivity index (χ1v) is 11.2. The van der Waals surface area contributed by atoms with Crippen LogP contribution in [0.15, 0.2) is 71.9 Å². The van der Waals surface area contributed by atoms with E-state index in [1.165, 1.54) is 30.4 Å². The highest BCUT2D eigenvalue weighted by molar-refractivity contribution is 7.12. The van der Waals surface area contributed by atoms with Crippen LogP contribution in [0.5, 0.6) is 0 Å². The van der Waals surface area contributed by atoms with E-state index in [2.05, 4.69) is 5.32 Å². The molecule has 4 nitrogen and oxygen atoms in total. The molecule has 8 heteroatoms. The van der Waals surface area contributed by atoms with Crippen molar-refractivity contribution >= 4 is 22.8 Å². The van der Waals surface area contributed by atoms with E-state index in [1.54, 1.807) is 31.0 Å². The molecule has 0 radical (unpaired) electrons. The maximum absolute atomic E-state index is 13.7. The number of anilines is 1. The van der Waals surface area contributed by atoms with Crippen molar-refractivity contribution in [2.45, 2.75) is 38.7 Å². The molecular weight excluding hydrogens is 449 g/mol. The Labute approximate surface area is 194 Å². The Balaban J connectivity index is 1.73. The second-order valence-corrected chi connectivity index (χ2v) is 9.35. The van der Waals surface area contributed by atoms with Gasteiger partial charge in [-0.1, -0.05) is 30.3 Å². The van der Waals surface area contributed by atoms with Gasteiger partial charge < -0.3 is 15.3 Å². The van der Waals surface area contributed by atoms with Gasteiger partial charge in [-0.3, -0.25) is 4.79 Å². The van der Waals surface area contributed by atoms with E-state index < -0.39 is 23.5 Å². The van der Waals surface area contributed by atoms with Crippen molar-refractivity contribution in [3.05, 3.63) is 87.9 Å². The second-order valence-electron chi connectivity index (χ2n) is 8.44. The first kappa shape index (κ1) is 23.1. The van der Waals surface area contributed by atoms with Crippen molar-refractivity contribution in [3.63, 3.8) is 0 Å². The van der Waals surface area contributed by atoms with E-state index in [9.17, 15) is 23.1 Å². The van der Waals surface area contributed by atoms with Gasteiger partial charge in [-0.2, -0.15) is 13.2 Å². The minimum atomic E-state index is -4.52. The predicted octanol–water partition coefficient (Wildman–Crippen LogP) is 6.36. The normalized spacial score (nSPS) is 16.5. The van der Waals surface area contributed by atoms with Gasteiger partial charge in [0.2, 0.25) is 0 Å². The maximum atomic E-state index is 13.7. The second kappa shape index (κ2) is 8.35. The summed E-state index contributed by atoms with van der Waals surface area (Å²) >= 11 is 1.37. The SMILES string of the molecule is CC(=O)c1cc(-c2ccc(N3C=C(C(C)(C)O)NC3c3ccccc3C(F)(F)F)cc2)cs1. The van der Waals surface area contributed by atoms with Gasteiger partial charge in [0, 0.05) is 17.5 Å². The number of Topliss-reactive ketones (excluding diaryl/α,β-unsaturated/α-hetero) is 1. The number of thiophene rings is 1. The molecule has 2 aromatic carbocycles. The molecule has 172 valence electrons. The van der Waals surface area contributed by atoms with Crippen molar-refractivity contribution in [1.82, 2.24) is 5.32 Å². The number of nitrogens with one attached hydrogen (secondary N) is 1. The number of hydrogen-bond donors (Lipinski definition) is 2. The molecule has 0 spiro atoms. The van der Waals surface area contributed by atoms with Crippen molar-refractivity contribution in [3.8, 4) is 11.1 Å². The number of carbonyl (C=O) groups is 1. The highest BCUT2D eigenvalue weighted by Crippen LogP contribution is 2.41. The summed E-state index contributed by atoms with van der Waals surface area (Å²) in [7, 11) is 0. The van der Waals surface area contributed by atoms with Crippen LogP contribution in [0.2, 0.25) is 0 Å². The summed E-state index contributed by atoms with van der Waals surface area (Å²) in [5, 5.41) is 15.5. The van der Waals surface area contributed by atoms with E-state index in [1.807, 2.05) is 35.7 Å². The fraction of sp³-hybridized carbons (Fsp3) is 0.240. The molecule has 1 unspecified atom stereocenters. The molecular formula is C25H23F3N2O2S. The number of benzene rings is 2. The third-order valence-corrected chi connectivity index (χ3v) is 6.53. The number of ketones is 1. The largest absolute Gasteiger partial charge is 0.416 e. The zero-order valence-electron chi connectivity index (χ0n) is 18.3. The highest BCUT2D eigenvalue weighted by atomic mass is 32.1. The Morgan fingerprint density at radius 2 is 1.73 bits per heavy atom. The average molecular weight is 473 g/mol. The fourth-order valence-electron chi connectivity index (χ4n) is 3.75. The Morgan fingerprint density at radius 3 is 2.30 bits per heavy atom. The van der Waals surface area contributed by atoms with Gasteiger partial charge >= 0.3 is 6.18 Å². The van der Waals surface area contributed by atoms with Gasteiger partial charge in [-0.15, -0.1) is 11.3 Å². The minimum Gasteiger partial charge on any atom is -0.384 e. The number of alkyl halides is 3. The molecule has 0 bridgehead atoms. The number of rotatable bonds is 5. The number of hydrogen-bond acceptors (Lipinski definition) is 5. The molecule has 4 rings (SSSR count). The first-order valence-electron chi connectivity index (χ1n) is 10.3. The quantitative estimate of drug-likeness (QED) is 0.425. The zero-order chi connectivity index (χ0) is 24.0. The number of carbonyl (C=O) groups excluding carboxylic acids is 1. The molecule has 0 saturated carbocycles. The molecule has 0 fully saturated rings. The topological polar surface area (TPSA) is 52.6 Å². The highest BCUT2D eigenvalue weighted by Gasteiger charge is 2.39. The van der Waals surface area contributed by atoms with E-state index in [0.717, 1.165) is 17.2 Å². The monoisotopic (exact) mass is 472 g/mol. The summed E-state index contributed by atoms with van der Waals surface area (Å²) in [5.41, 5.74) is 0.946. The fourth-order valence-corrected chi connectivity index (χ4v) is 4.56. The number of halogens is 3. The van der Waals surface area contributed by atoms with E-state index >= 15 is 0 Å². The summed E-state index contributed by atoms with van der Waals surface area (Å²) in [5.74, 6) is 0.00136. The Kier molecular flexibility index (Phi) is 5.84. The van der Waals surface area contributed by atoms with Crippen LogP contribution in [-0.4, -0.2) is 16.5 Å². The lowest BCUT2D eigenvalue weighted by atomic mass is 10.0. The molecule has 1 aromatic heterocycles. The number of aliphatic hydroxyl groups is 1.